The molecule has 6 nitrogen and oxygen atoms in total. The molecule has 0 bridgehead atoms. The van der Waals surface area contributed by atoms with E-state index in [1.54, 1.807) is 36.4 Å². The van der Waals surface area contributed by atoms with Gasteiger partial charge in [-0.3, -0.25) is 14.5 Å². The zero-order chi connectivity index (χ0) is 19.4. The zero-order valence-electron chi connectivity index (χ0n) is 14.5. The SMILES string of the molecule is CC/C(=N/NC(=O)CN1C(=O)COc2ccccc21)c1ccc(Cl)c(Cl)c1. The van der Waals surface area contributed by atoms with Crippen LogP contribution in [0.2, 0.25) is 10.0 Å². The van der Waals surface area contributed by atoms with Crippen LogP contribution in [0.25, 0.3) is 0 Å². The molecule has 0 spiro atoms. The van der Waals surface area contributed by atoms with Crippen molar-refractivity contribution in [3.05, 3.63) is 58.1 Å². The van der Waals surface area contributed by atoms with Crippen LogP contribution in [-0.2, 0) is 9.59 Å². The lowest BCUT2D eigenvalue weighted by Crippen LogP contribution is -2.44. The Hall–Kier alpha value is -2.57. The zero-order valence-corrected chi connectivity index (χ0v) is 16.0. The monoisotopic (exact) mass is 405 g/mol. The first-order chi connectivity index (χ1) is 13.0. The Kier molecular flexibility index (Phi) is 5.98. The van der Waals surface area contributed by atoms with Gasteiger partial charge in [0.15, 0.2) is 6.61 Å². The second-order valence-electron chi connectivity index (χ2n) is 5.81. The van der Waals surface area contributed by atoms with Crippen LogP contribution < -0.4 is 15.1 Å². The molecular formula is C19H17Cl2N3O3. The molecule has 1 heterocycles. The number of ether oxygens (including phenoxy) is 1. The summed E-state index contributed by atoms with van der Waals surface area (Å²) >= 11 is 12.0. The van der Waals surface area contributed by atoms with Crippen LogP contribution >= 0.6 is 23.2 Å². The van der Waals surface area contributed by atoms with Gasteiger partial charge in [0.1, 0.15) is 12.3 Å². The minimum absolute atomic E-state index is 0.100. The molecule has 2 aromatic rings. The third-order valence-corrected chi connectivity index (χ3v) is 4.75. The van der Waals surface area contributed by atoms with Crippen LogP contribution in [0.3, 0.4) is 0 Å². The van der Waals surface area contributed by atoms with E-state index in [1.165, 1.54) is 4.90 Å². The van der Waals surface area contributed by atoms with Crippen LogP contribution in [0.4, 0.5) is 5.69 Å². The number of hydrogen-bond donors (Lipinski definition) is 1. The summed E-state index contributed by atoms with van der Waals surface area (Å²) in [5.41, 5.74) is 4.48. The topological polar surface area (TPSA) is 71.0 Å². The Morgan fingerprint density at radius 3 is 2.74 bits per heavy atom. The standard InChI is InChI=1S/C19H17Cl2N3O3/c1-2-15(12-7-8-13(20)14(21)9-12)22-23-18(25)10-24-16-5-3-4-6-17(16)27-11-19(24)26/h3-9H,2,10-11H2,1H3,(H,23,25)/b22-15-. The first-order valence-corrected chi connectivity index (χ1v) is 9.08. The second kappa shape index (κ2) is 8.41. The first-order valence-electron chi connectivity index (χ1n) is 8.32. The van der Waals surface area contributed by atoms with E-state index in [0.29, 0.717) is 33.6 Å². The van der Waals surface area contributed by atoms with Gasteiger partial charge in [-0.05, 0) is 36.2 Å². The van der Waals surface area contributed by atoms with E-state index in [2.05, 4.69) is 10.5 Å². The maximum atomic E-state index is 12.3. The molecule has 3 rings (SSSR count). The van der Waals surface area contributed by atoms with Gasteiger partial charge in [-0.25, -0.2) is 5.43 Å². The highest BCUT2D eigenvalue weighted by atomic mass is 35.5. The van der Waals surface area contributed by atoms with Gasteiger partial charge in [0.2, 0.25) is 0 Å². The Labute approximate surface area is 166 Å². The average Bonchev–Trinajstić information content (AvgIpc) is 2.67. The summed E-state index contributed by atoms with van der Waals surface area (Å²) in [5.74, 6) is -0.127. The van der Waals surface area contributed by atoms with Gasteiger partial charge in [0.25, 0.3) is 11.8 Å². The Morgan fingerprint density at radius 2 is 2.00 bits per heavy atom. The smallest absolute Gasteiger partial charge is 0.265 e. The lowest BCUT2D eigenvalue weighted by molar-refractivity contribution is -0.125. The largest absolute Gasteiger partial charge is 0.482 e. The predicted octanol–water partition coefficient (Wildman–Crippen LogP) is 3.65. The summed E-state index contributed by atoms with van der Waals surface area (Å²) < 4.78 is 5.37. The van der Waals surface area contributed by atoms with Crippen LogP contribution in [-0.4, -0.2) is 30.7 Å². The van der Waals surface area contributed by atoms with Crippen molar-refractivity contribution in [1.29, 1.82) is 0 Å². The summed E-state index contributed by atoms with van der Waals surface area (Å²) in [4.78, 5) is 25.9. The maximum absolute atomic E-state index is 12.3. The van der Waals surface area contributed by atoms with Crippen LogP contribution in [0.15, 0.2) is 47.6 Å². The fraction of sp³-hybridized carbons (Fsp3) is 0.211. The second-order valence-corrected chi connectivity index (χ2v) is 6.63. The molecule has 2 amide bonds. The van der Waals surface area contributed by atoms with E-state index in [-0.39, 0.29) is 19.1 Å². The molecule has 0 aromatic heterocycles. The van der Waals surface area contributed by atoms with Crippen molar-refractivity contribution in [3.63, 3.8) is 0 Å². The number of carbonyl (C=O) groups excluding carboxylic acids is 2. The number of halogens is 2. The normalized spacial score (nSPS) is 13.8. The molecule has 0 fully saturated rings. The molecule has 1 aliphatic rings. The molecule has 140 valence electrons. The van der Waals surface area contributed by atoms with Crippen molar-refractivity contribution < 1.29 is 14.3 Å². The van der Waals surface area contributed by atoms with Gasteiger partial charge in [-0.15, -0.1) is 0 Å². The van der Waals surface area contributed by atoms with E-state index in [4.69, 9.17) is 27.9 Å². The van der Waals surface area contributed by atoms with Crippen LogP contribution in [0.1, 0.15) is 18.9 Å². The molecule has 1 aliphatic heterocycles. The van der Waals surface area contributed by atoms with E-state index < -0.39 is 5.91 Å². The minimum Gasteiger partial charge on any atom is -0.482 e. The fourth-order valence-corrected chi connectivity index (χ4v) is 2.96. The molecule has 1 N–H and O–H groups in total. The summed E-state index contributed by atoms with van der Waals surface area (Å²) in [5, 5.41) is 5.04. The van der Waals surface area contributed by atoms with Crippen LogP contribution in [0.5, 0.6) is 5.75 Å². The van der Waals surface area contributed by atoms with Crippen molar-refractivity contribution in [2.24, 2.45) is 5.10 Å². The van der Waals surface area contributed by atoms with Crippen molar-refractivity contribution >= 4 is 46.4 Å². The molecule has 0 radical (unpaired) electrons. The molecule has 0 saturated heterocycles. The van der Waals surface area contributed by atoms with Crippen molar-refractivity contribution in [1.82, 2.24) is 5.43 Å². The highest BCUT2D eigenvalue weighted by Crippen LogP contribution is 2.31. The molecule has 8 heteroatoms. The van der Waals surface area contributed by atoms with Gasteiger partial charge in [-0.2, -0.15) is 5.10 Å². The number of carbonyl (C=O) groups is 2. The molecule has 27 heavy (non-hydrogen) atoms. The number of benzene rings is 2. The minimum atomic E-state index is -0.411. The first kappa shape index (κ1) is 19.2. The number of para-hydroxylation sites is 2. The lowest BCUT2D eigenvalue weighted by atomic mass is 10.1. The molecule has 0 atom stereocenters. The summed E-state index contributed by atoms with van der Waals surface area (Å²) in [6, 6.07) is 12.2. The number of anilines is 1. The fourth-order valence-electron chi connectivity index (χ4n) is 2.66. The maximum Gasteiger partial charge on any atom is 0.265 e. The van der Waals surface area contributed by atoms with E-state index in [0.717, 1.165) is 5.56 Å². The Morgan fingerprint density at radius 1 is 1.22 bits per heavy atom. The molecular weight excluding hydrogens is 389 g/mol. The van der Waals surface area contributed by atoms with Gasteiger partial charge >= 0.3 is 0 Å². The summed E-state index contributed by atoms with van der Waals surface area (Å²) in [7, 11) is 0. The number of nitrogens with zero attached hydrogens (tertiary/aromatic N) is 2. The van der Waals surface area contributed by atoms with Gasteiger partial charge in [-0.1, -0.05) is 48.3 Å². The van der Waals surface area contributed by atoms with Crippen LogP contribution in [0, 0.1) is 0 Å². The summed E-state index contributed by atoms with van der Waals surface area (Å²) in [6.07, 6.45) is 0.581. The summed E-state index contributed by atoms with van der Waals surface area (Å²) in [6.45, 7) is 1.66. The molecule has 0 aliphatic carbocycles. The third-order valence-electron chi connectivity index (χ3n) is 4.01. The average molecular weight is 406 g/mol. The van der Waals surface area contributed by atoms with Crippen molar-refractivity contribution in [3.8, 4) is 5.75 Å². The molecule has 2 aromatic carbocycles. The quantitative estimate of drug-likeness (QED) is 0.609. The molecule has 0 unspecified atom stereocenters. The van der Waals surface area contributed by atoms with Crippen molar-refractivity contribution in [2.45, 2.75) is 13.3 Å². The third kappa shape index (κ3) is 4.40. The van der Waals surface area contributed by atoms with Gasteiger partial charge in [0, 0.05) is 0 Å². The van der Waals surface area contributed by atoms with Crippen molar-refractivity contribution in [2.75, 3.05) is 18.1 Å². The Balaban J connectivity index is 1.72. The Bertz CT molecular complexity index is 915. The lowest BCUT2D eigenvalue weighted by Gasteiger charge is -2.28. The highest BCUT2D eigenvalue weighted by Gasteiger charge is 2.26. The number of rotatable bonds is 5. The number of hydrogen-bond acceptors (Lipinski definition) is 4. The van der Waals surface area contributed by atoms with Gasteiger partial charge in [0.05, 0.1) is 21.4 Å². The number of nitrogens with one attached hydrogen (secondary N) is 1. The van der Waals surface area contributed by atoms with E-state index in [9.17, 15) is 9.59 Å². The number of hydrazone groups is 1. The number of amides is 2. The molecule has 0 saturated carbocycles. The van der Waals surface area contributed by atoms with E-state index >= 15 is 0 Å². The highest BCUT2D eigenvalue weighted by molar-refractivity contribution is 6.42. The van der Waals surface area contributed by atoms with E-state index in [1.807, 2.05) is 13.0 Å². The number of fused-ring (bicyclic) bond motifs is 1. The predicted molar refractivity (Wildman–Crippen MR) is 106 cm³/mol. The van der Waals surface area contributed by atoms with Gasteiger partial charge < -0.3 is 4.74 Å².